The number of nitrogens with zero attached hydrogens (tertiary/aromatic N) is 3. The van der Waals surface area contributed by atoms with E-state index in [0.717, 1.165) is 24.3 Å². The minimum Gasteiger partial charge on any atom is -0.385 e. The van der Waals surface area contributed by atoms with Crippen LogP contribution in [0.15, 0.2) is 30.5 Å². The first-order valence-corrected chi connectivity index (χ1v) is 11.6. The van der Waals surface area contributed by atoms with Crippen molar-refractivity contribution in [3.05, 3.63) is 30.5 Å². The summed E-state index contributed by atoms with van der Waals surface area (Å²) in [7, 11) is 0. The van der Waals surface area contributed by atoms with E-state index in [4.69, 9.17) is 0 Å². The van der Waals surface area contributed by atoms with Gasteiger partial charge in [-0.2, -0.15) is 0 Å². The number of hydrogen-bond donors (Lipinski definition) is 1. The fourth-order valence-corrected chi connectivity index (χ4v) is 3.49. The Kier molecular flexibility index (Phi) is 11.4. The van der Waals surface area contributed by atoms with Crippen LogP contribution in [-0.2, 0) is 6.54 Å². The third-order valence-electron chi connectivity index (χ3n) is 5.32. The van der Waals surface area contributed by atoms with E-state index in [1.54, 1.807) is 0 Å². The number of aryl methyl sites for hydroxylation is 1. The van der Waals surface area contributed by atoms with Crippen LogP contribution in [0.4, 0.5) is 5.69 Å². The van der Waals surface area contributed by atoms with E-state index in [9.17, 15) is 0 Å². The fraction of sp³-hybridized carbons (Fsp3) is 0.667. The molecule has 4 heteroatoms. The molecule has 0 bridgehead atoms. The third-order valence-corrected chi connectivity index (χ3v) is 5.32. The zero-order valence-electron chi connectivity index (χ0n) is 18.1. The summed E-state index contributed by atoms with van der Waals surface area (Å²) in [4.78, 5) is 0. The average Bonchev–Trinajstić information content (AvgIpc) is 3.19. The van der Waals surface area contributed by atoms with Crippen LogP contribution >= 0.6 is 0 Å². The molecule has 0 unspecified atom stereocenters. The molecule has 0 amide bonds. The second-order valence-corrected chi connectivity index (χ2v) is 7.91. The van der Waals surface area contributed by atoms with Crippen LogP contribution in [0.5, 0.6) is 0 Å². The molecule has 1 heterocycles. The largest absolute Gasteiger partial charge is 0.385 e. The van der Waals surface area contributed by atoms with E-state index < -0.39 is 0 Å². The first-order valence-electron chi connectivity index (χ1n) is 11.6. The Morgan fingerprint density at radius 2 is 1.36 bits per heavy atom. The molecule has 156 valence electrons. The first kappa shape index (κ1) is 22.4. The van der Waals surface area contributed by atoms with Crippen molar-refractivity contribution in [2.75, 3.05) is 11.9 Å². The molecule has 0 radical (unpaired) electrons. The Hall–Kier alpha value is -1.84. The molecule has 0 aliphatic carbocycles. The summed E-state index contributed by atoms with van der Waals surface area (Å²) in [6.45, 7) is 6.55. The second-order valence-electron chi connectivity index (χ2n) is 7.91. The fourth-order valence-electron chi connectivity index (χ4n) is 3.49. The lowest BCUT2D eigenvalue weighted by Gasteiger charge is -2.07. The normalized spacial score (nSPS) is 11.1. The molecule has 0 spiro atoms. The molecule has 28 heavy (non-hydrogen) atoms. The van der Waals surface area contributed by atoms with Gasteiger partial charge < -0.3 is 5.32 Å². The number of anilines is 1. The van der Waals surface area contributed by atoms with Crippen molar-refractivity contribution in [3.8, 4) is 11.3 Å². The lowest BCUT2D eigenvalue weighted by atomic mass is 10.1. The molecule has 4 nitrogen and oxygen atoms in total. The lowest BCUT2D eigenvalue weighted by Crippen LogP contribution is -2.01. The topological polar surface area (TPSA) is 42.7 Å². The maximum Gasteiger partial charge on any atom is 0.113 e. The maximum absolute atomic E-state index is 4.35. The van der Waals surface area contributed by atoms with Gasteiger partial charge in [0.05, 0.1) is 6.20 Å². The number of hydrogen-bond acceptors (Lipinski definition) is 3. The van der Waals surface area contributed by atoms with Crippen molar-refractivity contribution in [1.29, 1.82) is 0 Å². The molecule has 1 aromatic carbocycles. The van der Waals surface area contributed by atoms with Gasteiger partial charge in [0, 0.05) is 24.3 Å². The minimum absolute atomic E-state index is 0.966. The highest BCUT2D eigenvalue weighted by atomic mass is 15.4. The van der Waals surface area contributed by atoms with Gasteiger partial charge >= 0.3 is 0 Å². The Labute approximate surface area is 172 Å². The molecule has 0 fully saturated rings. The highest BCUT2D eigenvalue weighted by molar-refractivity contribution is 5.61. The minimum atomic E-state index is 0.966. The SMILES string of the molecule is CCCCCCCCNc1ccc(-c2cn(CCCCCCCC)nn2)cc1. The van der Waals surface area contributed by atoms with Crippen molar-refractivity contribution in [3.63, 3.8) is 0 Å². The van der Waals surface area contributed by atoms with Crippen LogP contribution < -0.4 is 5.32 Å². The summed E-state index contributed by atoms with van der Waals surface area (Å²) in [5, 5.41) is 12.2. The van der Waals surface area contributed by atoms with Crippen LogP contribution in [0.2, 0.25) is 0 Å². The Bertz CT molecular complexity index is 618. The van der Waals surface area contributed by atoms with E-state index in [2.05, 4.69) is 59.9 Å². The van der Waals surface area contributed by atoms with Gasteiger partial charge in [-0.05, 0) is 25.0 Å². The maximum atomic E-state index is 4.35. The van der Waals surface area contributed by atoms with E-state index in [-0.39, 0.29) is 0 Å². The molecule has 0 saturated heterocycles. The average molecular weight is 385 g/mol. The van der Waals surface area contributed by atoms with Crippen molar-refractivity contribution < 1.29 is 0 Å². The molecular formula is C24H40N4. The number of unbranched alkanes of at least 4 members (excludes halogenated alkanes) is 10. The van der Waals surface area contributed by atoms with Crippen molar-refractivity contribution in [1.82, 2.24) is 15.0 Å². The number of aromatic nitrogens is 3. The van der Waals surface area contributed by atoms with E-state index in [1.807, 2.05) is 4.68 Å². The summed E-state index contributed by atoms with van der Waals surface area (Å²) in [6.07, 6.45) is 17.9. The van der Waals surface area contributed by atoms with E-state index in [0.29, 0.717) is 0 Å². The predicted octanol–water partition coefficient (Wildman–Crippen LogP) is 7.08. The summed E-state index contributed by atoms with van der Waals surface area (Å²) in [5.74, 6) is 0. The monoisotopic (exact) mass is 384 g/mol. The van der Waals surface area contributed by atoms with Gasteiger partial charge in [0.2, 0.25) is 0 Å². The summed E-state index contributed by atoms with van der Waals surface area (Å²) >= 11 is 0. The molecule has 1 aromatic heterocycles. The van der Waals surface area contributed by atoms with Gasteiger partial charge in [-0.3, -0.25) is 4.68 Å². The molecule has 2 rings (SSSR count). The van der Waals surface area contributed by atoms with Gasteiger partial charge in [0.1, 0.15) is 5.69 Å². The van der Waals surface area contributed by atoms with Gasteiger partial charge in [-0.15, -0.1) is 5.10 Å². The third kappa shape index (κ3) is 8.90. The summed E-state index contributed by atoms with van der Waals surface area (Å²) in [5.41, 5.74) is 3.30. The van der Waals surface area contributed by atoms with E-state index in [1.165, 1.54) is 82.7 Å². The van der Waals surface area contributed by atoms with Crippen LogP contribution in [0.3, 0.4) is 0 Å². The standard InChI is InChI=1S/C24H40N4/c1-3-5-7-9-11-13-19-25-23-17-15-22(16-18-23)24-21-28(27-26-24)20-14-12-10-8-6-4-2/h15-18,21,25H,3-14,19-20H2,1-2H3. The Morgan fingerprint density at radius 1 is 0.750 bits per heavy atom. The molecule has 0 saturated carbocycles. The Morgan fingerprint density at radius 3 is 2.04 bits per heavy atom. The first-order chi connectivity index (χ1) is 13.8. The van der Waals surface area contributed by atoms with Crippen molar-refractivity contribution in [2.45, 2.75) is 97.4 Å². The number of nitrogens with one attached hydrogen (secondary N) is 1. The van der Waals surface area contributed by atoms with Crippen molar-refractivity contribution >= 4 is 5.69 Å². The zero-order chi connectivity index (χ0) is 19.9. The van der Waals surface area contributed by atoms with Gasteiger partial charge in [0.25, 0.3) is 0 Å². The smallest absolute Gasteiger partial charge is 0.113 e. The van der Waals surface area contributed by atoms with Crippen molar-refractivity contribution in [2.24, 2.45) is 0 Å². The highest BCUT2D eigenvalue weighted by Crippen LogP contribution is 2.19. The second kappa shape index (κ2) is 14.2. The van der Waals surface area contributed by atoms with Gasteiger partial charge in [-0.25, -0.2) is 0 Å². The van der Waals surface area contributed by atoms with Gasteiger partial charge in [0.15, 0.2) is 0 Å². The zero-order valence-corrected chi connectivity index (χ0v) is 18.1. The van der Waals surface area contributed by atoms with Crippen LogP contribution in [0, 0.1) is 0 Å². The summed E-state index contributed by atoms with van der Waals surface area (Å²) < 4.78 is 1.99. The highest BCUT2D eigenvalue weighted by Gasteiger charge is 2.04. The molecular weight excluding hydrogens is 344 g/mol. The lowest BCUT2D eigenvalue weighted by molar-refractivity contribution is 0.516. The van der Waals surface area contributed by atoms with Crippen LogP contribution in [0.1, 0.15) is 90.9 Å². The van der Waals surface area contributed by atoms with Gasteiger partial charge in [-0.1, -0.05) is 95.4 Å². The predicted molar refractivity (Wildman–Crippen MR) is 121 cm³/mol. The molecule has 0 aliphatic heterocycles. The van der Waals surface area contributed by atoms with E-state index >= 15 is 0 Å². The molecule has 2 aromatic rings. The Balaban J connectivity index is 1.66. The molecule has 1 N–H and O–H groups in total. The van der Waals surface area contributed by atoms with Crippen LogP contribution in [0.25, 0.3) is 11.3 Å². The number of rotatable bonds is 16. The van der Waals surface area contributed by atoms with Crippen LogP contribution in [-0.4, -0.2) is 21.5 Å². The molecule has 0 aliphatic rings. The molecule has 0 atom stereocenters. The summed E-state index contributed by atoms with van der Waals surface area (Å²) in [6, 6.07) is 8.59. The quantitative estimate of drug-likeness (QED) is 0.314. The number of benzene rings is 1.